The first-order valence-electron chi connectivity index (χ1n) is 9.46. The highest BCUT2D eigenvalue weighted by Gasteiger charge is 2.28. The molecule has 3 amide bonds. The third-order valence-corrected chi connectivity index (χ3v) is 4.91. The van der Waals surface area contributed by atoms with Gasteiger partial charge in [-0.1, -0.05) is 24.3 Å². The second-order valence-electron chi connectivity index (χ2n) is 7.03. The van der Waals surface area contributed by atoms with Crippen LogP contribution < -0.4 is 16.0 Å². The van der Waals surface area contributed by atoms with Crippen molar-refractivity contribution in [1.82, 2.24) is 20.6 Å². The number of hydrogen-bond donors (Lipinski definition) is 4. The van der Waals surface area contributed by atoms with Gasteiger partial charge in [0.15, 0.2) is 0 Å². The van der Waals surface area contributed by atoms with E-state index in [1.165, 1.54) is 0 Å². The number of hydrogen-bond acceptors (Lipinski definition) is 4. The summed E-state index contributed by atoms with van der Waals surface area (Å²) in [5.74, 6) is -0.223. The van der Waals surface area contributed by atoms with Gasteiger partial charge >= 0.3 is 0 Å². The molecule has 4 N–H and O–H groups in total. The molecule has 1 aliphatic rings. The number of aromatic amines is 1. The number of nitrogens with zero attached hydrogens (tertiary/aromatic N) is 1. The van der Waals surface area contributed by atoms with Gasteiger partial charge in [-0.2, -0.15) is 0 Å². The number of imidazole rings is 1. The normalized spacial score (nSPS) is 17.1. The molecular weight excluding hydrogens is 370 g/mol. The first-order chi connectivity index (χ1) is 14.0. The number of H-pyrrole nitrogens is 1. The number of rotatable bonds is 5. The molecule has 148 valence electrons. The standard InChI is InChI=1S/C21H21N5O3/c1-12(19-23-15-8-4-5-9-16(15)24-19)22-18(27)11-10-17-21(29)25-14-7-3-2-6-13(14)20(28)26-17/h2-9,12,17H,10-11H2,1H3,(H,22,27)(H,23,24)(H,25,29)(H,26,28)/t12-,17-/m0/s1. The van der Waals surface area contributed by atoms with E-state index in [4.69, 9.17) is 0 Å². The first-order valence-corrected chi connectivity index (χ1v) is 9.46. The fraction of sp³-hybridized carbons (Fsp3) is 0.238. The zero-order chi connectivity index (χ0) is 20.4. The maximum atomic E-state index is 12.4. The summed E-state index contributed by atoms with van der Waals surface area (Å²) >= 11 is 0. The van der Waals surface area contributed by atoms with Crippen LogP contribution in [0.4, 0.5) is 5.69 Å². The lowest BCUT2D eigenvalue weighted by molar-refractivity contribution is -0.122. The van der Waals surface area contributed by atoms with Gasteiger partial charge in [-0.3, -0.25) is 14.4 Å². The topological polar surface area (TPSA) is 116 Å². The van der Waals surface area contributed by atoms with E-state index in [2.05, 4.69) is 25.9 Å². The maximum Gasteiger partial charge on any atom is 0.254 e. The predicted molar refractivity (Wildman–Crippen MR) is 108 cm³/mol. The molecule has 2 atom stereocenters. The molecular formula is C21H21N5O3. The quantitative estimate of drug-likeness (QED) is 0.534. The van der Waals surface area contributed by atoms with Gasteiger partial charge in [0.1, 0.15) is 11.9 Å². The molecule has 0 unspecified atom stereocenters. The molecule has 8 nitrogen and oxygen atoms in total. The Bertz CT molecular complexity index is 1060. The van der Waals surface area contributed by atoms with Crippen molar-refractivity contribution >= 4 is 34.4 Å². The van der Waals surface area contributed by atoms with Gasteiger partial charge in [0, 0.05) is 6.42 Å². The summed E-state index contributed by atoms with van der Waals surface area (Å²) < 4.78 is 0. The smallest absolute Gasteiger partial charge is 0.254 e. The molecule has 0 radical (unpaired) electrons. The van der Waals surface area contributed by atoms with E-state index >= 15 is 0 Å². The van der Waals surface area contributed by atoms with Gasteiger partial charge in [0.05, 0.1) is 28.3 Å². The van der Waals surface area contributed by atoms with Crippen LogP contribution in [0.15, 0.2) is 48.5 Å². The number of carbonyl (C=O) groups is 3. The Morgan fingerprint density at radius 1 is 1.14 bits per heavy atom. The second-order valence-corrected chi connectivity index (χ2v) is 7.03. The van der Waals surface area contributed by atoms with Crippen LogP contribution in [-0.4, -0.2) is 33.7 Å². The minimum Gasteiger partial charge on any atom is -0.346 e. The molecule has 0 bridgehead atoms. The zero-order valence-electron chi connectivity index (χ0n) is 15.9. The summed E-state index contributed by atoms with van der Waals surface area (Å²) in [7, 11) is 0. The molecule has 3 aromatic rings. The Morgan fingerprint density at radius 3 is 2.72 bits per heavy atom. The fourth-order valence-corrected chi connectivity index (χ4v) is 3.35. The second kappa shape index (κ2) is 7.75. The van der Waals surface area contributed by atoms with Crippen LogP contribution in [-0.2, 0) is 9.59 Å². The van der Waals surface area contributed by atoms with E-state index in [1.54, 1.807) is 24.3 Å². The molecule has 0 saturated carbocycles. The van der Waals surface area contributed by atoms with Gasteiger partial charge in [-0.05, 0) is 37.6 Å². The van der Waals surface area contributed by atoms with E-state index in [0.717, 1.165) is 11.0 Å². The zero-order valence-corrected chi connectivity index (χ0v) is 15.9. The van der Waals surface area contributed by atoms with E-state index in [-0.39, 0.29) is 36.6 Å². The Hall–Kier alpha value is -3.68. The van der Waals surface area contributed by atoms with Crippen molar-refractivity contribution in [2.24, 2.45) is 0 Å². The van der Waals surface area contributed by atoms with Gasteiger partial charge in [-0.25, -0.2) is 4.98 Å². The van der Waals surface area contributed by atoms with Crippen molar-refractivity contribution in [3.05, 3.63) is 59.9 Å². The number of carbonyl (C=O) groups excluding carboxylic acids is 3. The summed E-state index contributed by atoms with van der Waals surface area (Å²) in [4.78, 5) is 44.8. The van der Waals surface area contributed by atoms with Crippen LogP contribution in [0.3, 0.4) is 0 Å². The van der Waals surface area contributed by atoms with Gasteiger partial charge < -0.3 is 20.9 Å². The Kier molecular flexibility index (Phi) is 4.99. The van der Waals surface area contributed by atoms with Crippen LogP contribution >= 0.6 is 0 Å². The van der Waals surface area contributed by atoms with E-state index < -0.39 is 6.04 Å². The van der Waals surface area contributed by atoms with Crippen molar-refractivity contribution in [3.63, 3.8) is 0 Å². The van der Waals surface area contributed by atoms with Gasteiger partial charge in [0.2, 0.25) is 11.8 Å². The number of para-hydroxylation sites is 3. The molecule has 1 aliphatic heterocycles. The van der Waals surface area contributed by atoms with Crippen LogP contribution in [0.5, 0.6) is 0 Å². The van der Waals surface area contributed by atoms with Gasteiger partial charge in [0.25, 0.3) is 5.91 Å². The van der Waals surface area contributed by atoms with Gasteiger partial charge in [-0.15, -0.1) is 0 Å². The average Bonchev–Trinajstić information content (AvgIpc) is 3.10. The minimum atomic E-state index is -0.776. The lowest BCUT2D eigenvalue weighted by Gasteiger charge is -2.16. The Morgan fingerprint density at radius 2 is 1.90 bits per heavy atom. The molecule has 0 fully saturated rings. The molecule has 29 heavy (non-hydrogen) atoms. The largest absolute Gasteiger partial charge is 0.346 e. The summed E-state index contributed by atoms with van der Waals surface area (Å²) in [5, 5.41) is 8.31. The third-order valence-electron chi connectivity index (χ3n) is 4.91. The highest BCUT2D eigenvalue weighted by atomic mass is 16.2. The summed E-state index contributed by atoms with van der Waals surface area (Å²) in [6.45, 7) is 1.84. The van der Waals surface area contributed by atoms with Crippen molar-refractivity contribution in [3.8, 4) is 0 Å². The lowest BCUT2D eigenvalue weighted by atomic mass is 10.1. The monoisotopic (exact) mass is 391 g/mol. The number of fused-ring (bicyclic) bond motifs is 2. The predicted octanol–water partition coefficient (Wildman–Crippen LogP) is 2.27. The highest BCUT2D eigenvalue weighted by Crippen LogP contribution is 2.19. The Balaban J connectivity index is 1.35. The summed E-state index contributed by atoms with van der Waals surface area (Å²) in [6, 6.07) is 13.4. The van der Waals surface area contributed by atoms with Crippen LogP contribution in [0.1, 0.15) is 42.0 Å². The number of nitrogens with one attached hydrogen (secondary N) is 4. The van der Waals surface area contributed by atoms with Crippen molar-refractivity contribution < 1.29 is 14.4 Å². The highest BCUT2D eigenvalue weighted by molar-refractivity contribution is 6.09. The van der Waals surface area contributed by atoms with Crippen molar-refractivity contribution in [2.45, 2.75) is 31.8 Å². The average molecular weight is 391 g/mol. The number of aromatic nitrogens is 2. The van der Waals surface area contributed by atoms with Crippen LogP contribution in [0.2, 0.25) is 0 Å². The molecule has 0 spiro atoms. The summed E-state index contributed by atoms with van der Waals surface area (Å²) in [6.07, 6.45) is 0.295. The Labute approximate surface area is 167 Å². The maximum absolute atomic E-state index is 12.4. The lowest BCUT2D eigenvalue weighted by Crippen LogP contribution is -2.42. The minimum absolute atomic E-state index is 0.0965. The molecule has 4 rings (SSSR count). The van der Waals surface area contributed by atoms with Crippen LogP contribution in [0.25, 0.3) is 11.0 Å². The number of benzene rings is 2. The number of anilines is 1. The summed E-state index contributed by atoms with van der Waals surface area (Å²) in [5.41, 5.74) is 2.62. The molecule has 0 saturated heterocycles. The fourth-order valence-electron chi connectivity index (χ4n) is 3.35. The molecule has 2 heterocycles. The van der Waals surface area contributed by atoms with Crippen LogP contribution in [0, 0.1) is 0 Å². The number of amides is 3. The van der Waals surface area contributed by atoms with Crippen molar-refractivity contribution in [2.75, 3.05) is 5.32 Å². The first kappa shape index (κ1) is 18.7. The SMILES string of the molecule is C[C@H](NC(=O)CC[C@@H]1NC(=O)c2ccccc2NC1=O)c1nc2ccccc2[nH]1. The van der Waals surface area contributed by atoms with E-state index in [9.17, 15) is 14.4 Å². The molecule has 8 heteroatoms. The molecule has 2 aromatic carbocycles. The molecule has 0 aliphatic carbocycles. The third kappa shape index (κ3) is 3.96. The molecule has 1 aromatic heterocycles. The van der Waals surface area contributed by atoms with E-state index in [0.29, 0.717) is 17.1 Å². The van der Waals surface area contributed by atoms with Crippen molar-refractivity contribution in [1.29, 1.82) is 0 Å². The van der Waals surface area contributed by atoms with E-state index in [1.807, 2.05) is 31.2 Å².